The van der Waals surface area contributed by atoms with Crippen molar-refractivity contribution in [2.24, 2.45) is 0 Å². The van der Waals surface area contributed by atoms with Crippen LogP contribution >= 0.6 is 11.3 Å². The predicted octanol–water partition coefficient (Wildman–Crippen LogP) is 5.43. The molecule has 31 heavy (non-hydrogen) atoms. The van der Waals surface area contributed by atoms with Gasteiger partial charge in [-0.05, 0) is 42.7 Å². The Morgan fingerprint density at radius 3 is 2.77 bits per heavy atom. The van der Waals surface area contributed by atoms with Gasteiger partial charge in [0.15, 0.2) is 0 Å². The summed E-state index contributed by atoms with van der Waals surface area (Å²) >= 11 is 0.444. The van der Waals surface area contributed by atoms with Gasteiger partial charge in [0.25, 0.3) is 0 Å². The molecule has 0 spiro atoms. The molecule has 0 radical (unpaired) electrons. The number of hydrogen-bond donors (Lipinski definition) is 3. The lowest BCUT2D eigenvalue weighted by atomic mass is 9.96. The Bertz CT molecular complexity index is 1260. The Hall–Kier alpha value is -2.91. The third-order valence-corrected chi connectivity index (χ3v) is 7.37. The molecule has 8 heteroatoms. The van der Waals surface area contributed by atoms with Crippen LogP contribution in [0, 0.1) is 0 Å². The molecule has 6 nitrogen and oxygen atoms in total. The highest BCUT2D eigenvalue weighted by molar-refractivity contribution is 7.86. The van der Waals surface area contributed by atoms with E-state index >= 15 is 0 Å². The summed E-state index contributed by atoms with van der Waals surface area (Å²) in [4.78, 5) is 12.3. The van der Waals surface area contributed by atoms with Crippen molar-refractivity contribution in [3.63, 3.8) is 0 Å². The van der Waals surface area contributed by atoms with Gasteiger partial charge >= 0.3 is 11.5 Å². The maximum atomic E-state index is 10.3. The van der Waals surface area contributed by atoms with Crippen LogP contribution in [-0.2, 0) is 28.5 Å². The van der Waals surface area contributed by atoms with E-state index in [0.29, 0.717) is 10.8 Å². The minimum absolute atomic E-state index is 0.283. The summed E-state index contributed by atoms with van der Waals surface area (Å²) in [6, 6.07) is 16.9. The number of nitrogens with one attached hydrogen (secondary N) is 1. The molecular weight excluding hydrogens is 430 g/mol. The molecule has 0 saturated carbocycles. The van der Waals surface area contributed by atoms with E-state index < -0.39 is 11.5 Å². The second-order valence-corrected chi connectivity index (χ2v) is 9.54. The first-order chi connectivity index (χ1) is 15.1. The zero-order chi connectivity index (χ0) is 21.4. The Morgan fingerprint density at radius 2 is 1.94 bits per heavy atom. The summed E-state index contributed by atoms with van der Waals surface area (Å²) < 4.78 is 14.9. The third kappa shape index (κ3) is 3.90. The first-order valence-electron chi connectivity index (χ1n) is 9.74. The number of anilines is 2. The lowest BCUT2D eigenvalue weighted by Crippen LogP contribution is -2.07. The second-order valence-electron chi connectivity index (χ2n) is 7.10. The molecule has 4 aromatic rings. The van der Waals surface area contributed by atoms with Crippen LogP contribution in [0.2, 0.25) is 0 Å². The van der Waals surface area contributed by atoms with Gasteiger partial charge in [0.1, 0.15) is 5.75 Å². The standard InChI is InChI=1S/C23H19N3O3S2/c1-29-31(28)16-6-4-5-15(11-16)25-23-24-13-14-9-10-20-18(22(14)26-23)12-21(30-20)17-7-2-3-8-19(17)27/h2-8,11-13,28H,9-10H2,1H3,(H-,24,25,26,27)/p+1. The van der Waals surface area contributed by atoms with Gasteiger partial charge in [0.2, 0.25) is 10.8 Å². The Kier molecular flexibility index (Phi) is 5.37. The summed E-state index contributed by atoms with van der Waals surface area (Å²) in [5.74, 6) is 0.777. The topological polar surface area (TPSA) is 87.5 Å². The van der Waals surface area contributed by atoms with Crippen LogP contribution in [-0.4, -0.2) is 26.7 Å². The number of phenols is 1. The molecule has 2 aromatic heterocycles. The van der Waals surface area contributed by atoms with Crippen molar-refractivity contribution in [3.05, 3.63) is 71.2 Å². The van der Waals surface area contributed by atoms with Gasteiger partial charge in [-0.2, -0.15) is 0 Å². The van der Waals surface area contributed by atoms with E-state index in [1.165, 1.54) is 12.0 Å². The molecule has 5 rings (SSSR count). The molecule has 1 unspecified atom stereocenters. The van der Waals surface area contributed by atoms with Crippen LogP contribution < -0.4 is 5.32 Å². The molecule has 0 fully saturated rings. The summed E-state index contributed by atoms with van der Waals surface area (Å²) in [7, 11) is 1.47. The van der Waals surface area contributed by atoms with Crippen molar-refractivity contribution in [2.75, 3.05) is 12.4 Å². The second kappa shape index (κ2) is 8.32. The fourth-order valence-corrected chi connectivity index (χ4v) is 5.48. The molecule has 1 aliphatic rings. The number of phenolic OH excluding ortho intramolecular Hbond substituents is 1. The molecule has 2 aromatic carbocycles. The van der Waals surface area contributed by atoms with Crippen LogP contribution in [0.3, 0.4) is 0 Å². The van der Waals surface area contributed by atoms with Gasteiger partial charge in [0, 0.05) is 44.9 Å². The van der Waals surface area contributed by atoms with Crippen molar-refractivity contribution in [3.8, 4) is 27.4 Å². The average molecular weight is 451 g/mol. The molecule has 0 amide bonds. The molecule has 156 valence electrons. The zero-order valence-electron chi connectivity index (χ0n) is 16.7. The average Bonchev–Trinajstić information content (AvgIpc) is 3.23. The van der Waals surface area contributed by atoms with Crippen molar-refractivity contribution >= 4 is 34.4 Å². The van der Waals surface area contributed by atoms with Crippen molar-refractivity contribution in [2.45, 2.75) is 17.7 Å². The van der Waals surface area contributed by atoms with E-state index in [4.69, 9.17) is 9.17 Å². The normalized spacial score (nSPS) is 13.4. The molecule has 0 aliphatic heterocycles. The minimum atomic E-state index is -1.26. The van der Waals surface area contributed by atoms with Crippen LogP contribution in [0.5, 0.6) is 5.75 Å². The molecule has 0 saturated heterocycles. The van der Waals surface area contributed by atoms with Gasteiger partial charge in [-0.3, -0.25) is 0 Å². The van der Waals surface area contributed by atoms with E-state index in [-0.39, 0.29) is 5.75 Å². The maximum absolute atomic E-state index is 10.3. The number of aromatic nitrogens is 2. The van der Waals surface area contributed by atoms with Gasteiger partial charge in [-0.1, -0.05) is 18.2 Å². The fraction of sp³-hybridized carbons (Fsp3) is 0.130. The number of para-hydroxylation sites is 1. The molecule has 1 aliphatic carbocycles. The highest BCUT2D eigenvalue weighted by Crippen LogP contribution is 2.43. The molecule has 3 N–H and O–H groups in total. The largest absolute Gasteiger partial charge is 0.507 e. The van der Waals surface area contributed by atoms with E-state index in [1.807, 2.05) is 48.7 Å². The summed E-state index contributed by atoms with van der Waals surface area (Å²) in [6.07, 6.45) is 3.70. The monoisotopic (exact) mass is 450 g/mol. The van der Waals surface area contributed by atoms with Crippen LogP contribution in [0.25, 0.3) is 21.7 Å². The molecule has 1 atom stereocenters. The smallest absolute Gasteiger partial charge is 0.353 e. The van der Waals surface area contributed by atoms with Crippen molar-refractivity contribution in [1.29, 1.82) is 0 Å². The minimum Gasteiger partial charge on any atom is -0.507 e. The Labute approximate surface area is 187 Å². The summed E-state index contributed by atoms with van der Waals surface area (Å²) in [6.45, 7) is 0. The summed E-state index contributed by atoms with van der Waals surface area (Å²) in [5.41, 5.74) is 4.75. The number of aryl methyl sites for hydroxylation is 2. The first-order valence-corrected chi connectivity index (χ1v) is 11.7. The number of benzene rings is 2. The van der Waals surface area contributed by atoms with Gasteiger partial charge in [-0.15, -0.1) is 20.1 Å². The Balaban J connectivity index is 1.48. The van der Waals surface area contributed by atoms with E-state index in [1.54, 1.807) is 17.4 Å². The first kappa shape index (κ1) is 20.0. The van der Waals surface area contributed by atoms with Gasteiger partial charge < -0.3 is 10.4 Å². The Morgan fingerprint density at radius 1 is 1.06 bits per heavy atom. The lowest BCUT2D eigenvalue weighted by molar-refractivity contribution is 0.409. The molecule has 2 heterocycles. The van der Waals surface area contributed by atoms with Crippen LogP contribution in [0.4, 0.5) is 11.6 Å². The summed E-state index contributed by atoms with van der Waals surface area (Å²) in [5, 5.41) is 13.5. The third-order valence-electron chi connectivity index (χ3n) is 5.17. The highest BCUT2D eigenvalue weighted by atomic mass is 32.2. The number of nitrogens with zero attached hydrogens (tertiary/aromatic N) is 2. The highest BCUT2D eigenvalue weighted by Gasteiger charge is 2.23. The predicted molar refractivity (Wildman–Crippen MR) is 125 cm³/mol. The van der Waals surface area contributed by atoms with Gasteiger partial charge in [-0.25, -0.2) is 9.97 Å². The fourth-order valence-electron chi connectivity index (χ4n) is 3.67. The van der Waals surface area contributed by atoms with Crippen LogP contribution in [0.1, 0.15) is 10.4 Å². The number of fused-ring (bicyclic) bond motifs is 3. The van der Waals surface area contributed by atoms with Crippen molar-refractivity contribution < 1.29 is 13.8 Å². The van der Waals surface area contributed by atoms with E-state index in [9.17, 15) is 9.66 Å². The van der Waals surface area contributed by atoms with E-state index in [2.05, 4.69) is 16.4 Å². The number of thiophene rings is 1. The number of hydrogen-bond acceptors (Lipinski definition) is 7. The van der Waals surface area contributed by atoms with Crippen molar-refractivity contribution in [1.82, 2.24) is 9.97 Å². The molecule has 0 bridgehead atoms. The number of aromatic hydroxyl groups is 1. The molecular formula is C23H20N3O3S2+. The zero-order valence-corrected chi connectivity index (χ0v) is 18.3. The van der Waals surface area contributed by atoms with Gasteiger partial charge in [0.05, 0.1) is 12.8 Å². The maximum Gasteiger partial charge on any atom is 0.353 e. The SMILES string of the molecule is CO[S+](O)c1cccc(Nc2ncc3c(n2)-c2cc(-c4ccccc4O)sc2CC3)c1. The van der Waals surface area contributed by atoms with E-state index in [0.717, 1.165) is 45.8 Å². The number of rotatable bonds is 5. The lowest BCUT2D eigenvalue weighted by Gasteiger charge is -2.16. The van der Waals surface area contributed by atoms with Crippen LogP contribution in [0.15, 0.2) is 65.7 Å². The quantitative estimate of drug-likeness (QED) is 0.351.